The Morgan fingerprint density at radius 1 is 1.43 bits per heavy atom. The third-order valence-electron chi connectivity index (χ3n) is 3.69. The van der Waals surface area contributed by atoms with Gasteiger partial charge in [0.05, 0.1) is 17.4 Å². The normalized spacial score (nSPS) is 14.5. The Morgan fingerprint density at radius 3 is 3.04 bits per heavy atom. The molecule has 0 saturated heterocycles. The molecule has 0 saturated carbocycles. The lowest BCUT2D eigenvalue weighted by atomic mass is 10.1. The predicted molar refractivity (Wildman–Crippen MR) is 84.0 cm³/mol. The van der Waals surface area contributed by atoms with Gasteiger partial charge in [-0.2, -0.15) is 0 Å². The van der Waals surface area contributed by atoms with Crippen molar-refractivity contribution in [3.63, 3.8) is 0 Å². The molecule has 6 nitrogen and oxygen atoms in total. The number of aromatic nitrogens is 2. The van der Waals surface area contributed by atoms with E-state index in [1.165, 1.54) is 6.33 Å². The van der Waals surface area contributed by atoms with E-state index in [-0.39, 0.29) is 24.4 Å². The van der Waals surface area contributed by atoms with Gasteiger partial charge in [-0.1, -0.05) is 13.0 Å². The van der Waals surface area contributed by atoms with Gasteiger partial charge < -0.3 is 15.4 Å². The third kappa shape index (κ3) is 3.08. The number of hydrogen-bond acceptors (Lipinski definition) is 5. The number of fused-ring (bicyclic) bond motifs is 1. The summed E-state index contributed by atoms with van der Waals surface area (Å²) in [6.45, 7) is 3.75. The minimum Gasteiger partial charge on any atom is -0.482 e. The third-order valence-corrected chi connectivity index (χ3v) is 3.69. The fourth-order valence-corrected chi connectivity index (χ4v) is 2.41. The van der Waals surface area contributed by atoms with Gasteiger partial charge in [-0.25, -0.2) is 14.4 Å². The molecule has 0 spiro atoms. The van der Waals surface area contributed by atoms with Crippen LogP contribution in [0, 0.1) is 5.82 Å². The molecule has 2 aromatic rings. The van der Waals surface area contributed by atoms with E-state index in [1.54, 1.807) is 6.07 Å². The summed E-state index contributed by atoms with van der Waals surface area (Å²) in [4.78, 5) is 19.3. The number of anilines is 2. The zero-order valence-electron chi connectivity index (χ0n) is 12.9. The maximum atomic E-state index is 14.2. The molecule has 2 N–H and O–H groups in total. The Hall–Kier alpha value is -2.70. The molecule has 0 bridgehead atoms. The van der Waals surface area contributed by atoms with E-state index in [4.69, 9.17) is 4.74 Å². The van der Waals surface area contributed by atoms with Crippen molar-refractivity contribution in [2.45, 2.75) is 26.3 Å². The predicted octanol–water partition coefficient (Wildman–Crippen LogP) is 2.68. The standard InChI is InChI=1S/C16H17FN4O2/c1-3-11-15(17)16(19-8-18-11)20-9(2)10-4-5-13-12(6-10)21-14(22)7-23-13/h4-6,8-9H,3,7H2,1-2H3,(H,21,22)(H,18,19,20). The first-order chi connectivity index (χ1) is 11.1. The summed E-state index contributed by atoms with van der Waals surface area (Å²) in [6.07, 6.45) is 1.84. The van der Waals surface area contributed by atoms with Crippen LogP contribution in [-0.2, 0) is 11.2 Å². The van der Waals surface area contributed by atoms with Crippen molar-refractivity contribution in [2.75, 3.05) is 17.2 Å². The fraction of sp³-hybridized carbons (Fsp3) is 0.312. The van der Waals surface area contributed by atoms with Crippen LogP contribution in [0.15, 0.2) is 24.5 Å². The zero-order valence-corrected chi connectivity index (χ0v) is 12.9. The van der Waals surface area contributed by atoms with Gasteiger partial charge in [0.15, 0.2) is 18.2 Å². The molecule has 0 radical (unpaired) electrons. The Morgan fingerprint density at radius 2 is 2.26 bits per heavy atom. The molecule has 23 heavy (non-hydrogen) atoms. The van der Waals surface area contributed by atoms with Gasteiger partial charge in [-0.15, -0.1) is 0 Å². The number of ether oxygens (including phenoxy) is 1. The molecule has 120 valence electrons. The molecule has 1 aliphatic heterocycles. The van der Waals surface area contributed by atoms with Crippen molar-refractivity contribution < 1.29 is 13.9 Å². The Labute approximate surface area is 133 Å². The van der Waals surface area contributed by atoms with Crippen LogP contribution in [0.1, 0.15) is 31.1 Å². The van der Waals surface area contributed by atoms with E-state index in [1.807, 2.05) is 26.0 Å². The van der Waals surface area contributed by atoms with Crippen LogP contribution < -0.4 is 15.4 Å². The average molecular weight is 316 g/mol. The molecule has 1 aliphatic rings. The van der Waals surface area contributed by atoms with Crippen LogP contribution in [0.4, 0.5) is 15.9 Å². The molecule has 2 heterocycles. The summed E-state index contributed by atoms with van der Waals surface area (Å²) < 4.78 is 19.5. The number of hydrogen-bond donors (Lipinski definition) is 2. The molecule has 1 unspecified atom stereocenters. The van der Waals surface area contributed by atoms with E-state index in [9.17, 15) is 9.18 Å². The number of nitrogens with zero attached hydrogens (tertiary/aromatic N) is 2. The first-order valence-electron chi connectivity index (χ1n) is 7.41. The van der Waals surface area contributed by atoms with Crippen LogP contribution in [0.2, 0.25) is 0 Å². The zero-order chi connectivity index (χ0) is 16.4. The van der Waals surface area contributed by atoms with E-state index in [0.29, 0.717) is 23.6 Å². The molecule has 0 fully saturated rings. The molecule has 3 rings (SSSR count). The lowest BCUT2D eigenvalue weighted by molar-refractivity contribution is -0.118. The first kappa shape index (κ1) is 15.2. The first-order valence-corrected chi connectivity index (χ1v) is 7.41. The molecule has 1 aromatic carbocycles. The molecule has 1 amide bonds. The average Bonchev–Trinajstić information content (AvgIpc) is 2.56. The summed E-state index contributed by atoms with van der Waals surface area (Å²) in [7, 11) is 0. The monoisotopic (exact) mass is 316 g/mol. The molecule has 1 atom stereocenters. The van der Waals surface area contributed by atoms with E-state index in [2.05, 4.69) is 20.6 Å². The highest BCUT2D eigenvalue weighted by Gasteiger charge is 2.18. The van der Waals surface area contributed by atoms with Crippen molar-refractivity contribution in [3.05, 3.63) is 41.6 Å². The Balaban J connectivity index is 1.82. The second-order valence-corrected chi connectivity index (χ2v) is 5.29. The second-order valence-electron chi connectivity index (χ2n) is 5.29. The number of carbonyl (C=O) groups is 1. The largest absolute Gasteiger partial charge is 0.482 e. The van der Waals surface area contributed by atoms with Crippen molar-refractivity contribution in [2.24, 2.45) is 0 Å². The molecule has 1 aromatic heterocycles. The summed E-state index contributed by atoms with van der Waals surface area (Å²) >= 11 is 0. The van der Waals surface area contributed by atoms with E-state index >= 15 is 0 Å². The van der Waals surface area contributed by atoms with Gasteiger partial charge >= 0.3 is 0 Å². The minimum atomic E-state index is -0.434. The Bertz CT molecular complexity index is 751. The van der Waals surface area contributed by atoms with Gasteiger partial charge in [-0.05, 0) is 31.0 Å². The summed E-state index contributed by atoms with van der Waals surface area (Å²) in [6, 6.07) is 5.27. The number of benzene rings is 1. The minimum absolute atomic E-state index is 0.0199. The maximum absolute atomic E-state index is 14.2. The SMILES string of the molecule is CCc1ncnc(NC(C)c2ccc3c(c2)NC(=O)CO3)c1F. The number of nitrogens with one attached hydrogen (secondary N) is 2. The van der Waals surface area contributed by atoms with Crippen LogP contribution in [0.3, 0.4) is 0 Å². The number of amides is 1. The van der Waals surface area contributed by atoms with Gasteiger partial charge in [0.2, 0.25) is 0 Å². The van der Waals surface area contributed by atoms with Crippen molar-refractivity contribution in [1.29, 1.82) is 0 Å². The van der Waals surface area contributed by atoms with Gasteiger partial charge in [0, 0.05) is 0 Å². The number of carbonyl (C=O) groups excluding carboxylic acids is 1. The van der Waals surface area contributed by atoms with Crippen LogP contribution in [-0.4, -0.2) is 22.5 Å². The Kier molecular flexibility index (Phi) is 4.10. The fourth-order valence-electron chi connectivity index (χ4n) is 2.41. The van der Waals surface area contributed by atoms with Gasteiger partial charge in [-0.3, -0.25) is 4.79 Å². The van der Waals surface area contributed by atoms with Gasteiger partial charge in [0.1, 0.15) is 12.1 Å². The molecule has 0 aliphatic carbocycles. The lowest BCUT2D eigenvalue weighted by Gasteiger charge is -2.21. The maximum Gasteiger partial charge on any atom is 0.262 e. The second kappa shape index (κ2) is 6.20. The van der Waals surface area contributed by atoms with E-state index < -0.39 is 5.82 Å². The smallest absolute Gasteiger partial charge is 0.262 e. The van der Waals surface area contributed by atoms with E-state index in [0.717, 1.165) is 5.56 Å². The highest BCUT2D eigenvalue weighted by atomic mass is 19.1. The van der Waals surface area contributed by atoms with Crippen LogP contribution in [0.5, 0.6) is 5.75 Å². The molecule has 7 heteroatoms. The van der Waals surface area contributed by atoms with Crippen molar-refractivity contribution in [1.82, 2.24) is 9.97 Å². The summed E-state index contributed by atoms with van der Waals surface area (Å²) in [5.41, 5.74) is 1.87. The van der Waals surface area contributed by atoms with Gasteiger partial charge in [0.25, 0.3) is 5.91 Å². The number of aryl methyl sites for hydroxylation is 1. The number of halogens is 1. The summed E-state index contributed by atoms with van der Waals surface area (Å²) in [5.74, 6) is 0.172. The highest BCUT2D eigenvalue weighted by Crippen LogP contribution is 2.31. The van der Waals surface area contributed by atoms with Crippen LogP contribution in [0.25, 0.3) is 0 Å². The van der Waals surface area contributed by atoms with Crippen LogP contribution >= 0.6 is 0 Å². The topological polar surface area (TPSA) is 76.1 Å². The quantitative estimate of drug-likeness (QED) is 0.907. The van der Waals surface area contributed by atoms with Crippen molar-refractivity contribution in [3.8, 4) is 5.75 Å². The molecular weight excluding hydrogens is 299 g/mol. The van der Waals surface area contributed by atoms with Crippen molar-refractivity contribution >= 4 is 17.4 Å². The summed E-state index contributed by atoms with van der Waals surface area (Å²) in [5, 5.41) is 5.80. The highest BCUT2D eigenvalue weighted by molar-refractivity contribution is 5.95. The number of rotatable bonds is 4. The molecular formula is C16H17FN4O2. The lowest BCUT2D eigenvalue weighted by Crippen LogP contribution is -2.25.